The van der Waals surface area contributed by atoms with Gasteiger partial charge in [-0.15, -0.1) is 0 Å². The van der Waals surface area contributed by atoms with Crippen LogP contribution in [0.2, 0.25) is 0 Å². The van der Waals surface area contributed by atoms with Crippen molar-refractivity contribution in [3.05, 3.63) is 24.3 Å². The maximum atomic E-state index is 12.1. The number of methoxy groups -OCH3 is 1. The molecule has 24 heavy (non-hydrogen) atoms. The minimum absolute atomic E-state index is 0.0351. The largest absolute Gasteiger partial charge is 0.482 e. The number of carboxylic acid groups (broad SMARTS) is 1. The second-order valence-corrected chi connectivity index (χ2v) is 5.67. The number of rotatable bonds is 7. The van der Waals surface area contributed by atoms with Crippen LogP contribution < -0.4 is 15.0 Å². The van der Waals surface area contributed by atoms with Crippen LogP contribution in [0.3, 0.4) is 0 Å². The summed E-state index contributed by atoms with van der Waals surface area (Å²) in [7, 11) is 1.36. The second-order valence-electron chi connectivity index (χ2n) is 5.67. The topological polar surface area (TPSA) is 105 Å². The summed E-state index contributed by atoms with van der Waals surface area (Å²) in [6, 6.07) is 7.04. The summed E-state index contributed by atoms with van der Waals surface area (Å²) in [5, 5.41) is 11.7. The van der Waals surface area contributed by atoms with Gasteiger partial charge in [-0.1, -0.05) is 12.1 Å². The number of hydrogen-bond acceptors (Lipinski definition) is 5. The number of para-hydroxylation sites is 2. The Kier molecular flexibility index (Phi) is 5.40. The SMILES string of the molecule is COCC(C)(NC(=O)CCN1C(=O)COc2ccccc21)C(=O)O. The van der Waals surface area contributed by atoms with Crippen LogP contribution in [-0.2, 0) is 19.1 Å². The lowest BCUT2D eigenvalue weighted by atomic mass is 10.0. The van der Waals surface area contributed by atoms with Crippen LogP contribution in [0.25, 0.3) is 0 Å². The Bertz CT molecular complexity index is 647. The van der Waals surface area contributed by atoms with Gasteiger partial charge in [0, 0.05) is 20.1 Å². The lowest BCUT2D eigenvalue weighted by molar-refractivity contribution is -0.149. The molecule has 1 aromatic carbocycles. The number of carbonyl (C=O) groups is 3. The Hall–Kier alpha value is -2.61. The van der Waals surface area contributed by atoms with Gasteiger partial charge in [0.25, 0.3) is 5.91 Å². The fraction of sp³-hybridized carbons (Fsp3) is 0.438. The number of nitrogens with one attached hydrogen (secondary N) is 1. The number of anilines is 1. The molecule has 1 aliphatic rings. The summed E-state index contributed by atoms with van der Waals surface area (Å²) in [6.07, 6.45) is -0.0351. The Balaban J connectivity index is 2.01. The van der Waals surface area contributed by atoms with Gasteiger partial charge in [0.15, 0.2) is 12.1 Å². The lowest BCUT2D eigenvalue weighted by Gasteiger charge is -2.30. The molecule has 0 spiro atoms. The van der Waals surface area contributed by atoms with Crippen LogP contribution in [0.15, 0.2) is 24.3 Å². The zero-order valence-corrected chi connectivity index (χ0v) is 13.6. The van der Waals surface area contributed by atoms with E-state index >= 15 is 0 Å². The molecular weight excluding hydrogens is 316 g/mol. The van der Waals surface area contributed by atoms with Gasteiger partial charge < -0.3 is 24.8 Å². The van der Waals surface area contributed by atoms with E-state index in [9.17, 15) is 19.5 Å². The first kappa shape index (κ1) is 17.7. The summed E-state index contributed by atoms with van der Waals surface area (Å²) in [4.78, 5) is 36.9. The maximum absolute atomic E-state index is 12.1. The first-order valence-corrected chi connectivity index (χ1v) is 7.43. The minimum atomic E-state index is -1.52. The first-order chi connectivity index (χ1) is 11.4. The molecule has 1 aromatic rings. The number of nitrogens with zero attached hydrogens (tertiary/aromatic N) is 1. The quantitative estimate of drug-likeness (QED) is 0.747. The molecule has 1 atom stereocenters. The van der Waals surface area contributed by atoms with Crippen molar-refractivity contribution in [1.29, 1.82) is 0 Å². The number of fused-ring (bicyclic) bond motifs is 1. The van der Waals surface area contributed by atoms with Crippen molar-refractivity contribution >= 4 is 23.5 Å². The molecule has 0 saturated heterocycles. The van der Waals surface area contributed by atoms with E-state index in [1.165, 1.54) is 18.9 Å². The van der Waals surface area contributed by atoms with Gasteiger partial charge in [0.05, 0.1) is 12.3 Å². The van der Waals surface area contributed by atoms with Crippen LogP contribution >= 0.6 is 0 Å². The fourth-order valence-electron chi connectivity index (χ4n) is 2.42. The van der Waals surface area contributed by atoms with E-state index in [4.69, 9.17) is 9.47 Å². The zero-order valence-electron chi connectivity index (χ0n) is 13.6. The summed E-state index contributed by atoms with van der Waals surface area (Å²) in [5.41, 5.74) is -0.918. The highest BCUT2D eigenvalue weighted by molar-refractivity contribution is 5.98. The van der Waals surface area contributed by atoms with E-state index in [-0.39, 0.29) is 32.1 Å². The molecule has 2 amide bonds. The average molecular weight is 336 g/mol. The number of carbonyl (C=O) groups excluding carboxylic acids is 2. The van der Waals surface area contributed by atoms with Gasteiger partial charge in [-0.25, -0.2) is 4.79 Å². The predicted octanol–water partition coefficient (Wildman–Crippen LogP) is 0.408. The predicted molar refractivity (Wildman–Crippen MR) is 85.0 cm³/mol. The Morgan fingerprint density at radius 2 is 2.12 bits per heavy atom. The number of carboxylic acids is 1. The average Bonchev–Trinajstić information content (AvgIpc) is 2.54. The number of ether oxygens (including phenoxy) is 2. The van der Waals surface area contributed by atoms with E-state index < -0.39 is 17.4 Å². The molecule has 1 heterocycles. The van der Waals surface area contributed by atoms with Crippen LogP contribution in [0.4, 0.5) is 5.69 Å². The van der Waals surface area contributed by atoms with E-state index in [1.54, 1.807) is 24.3 Å². The normalized spacial score (nSPS) is 15.9. The second kappa shape index (κ2) is 7.31. The van der Waals surface area contributed by atoms with Crippen molar-refractivity contribution in [2.45, 2.75) is 18.9 Å². The molecule has 1 aliphatic heterocycles. The number of amides is 2. The molecule has 8 heteroatoms. The fourth-order valence-corrected chi connectivity index (χ4v) is 2.42. The highest BCUT2D eigenvalue weighted by Gasteiger charge is 2.35. The Morgan fingerprint density at radius 1 is 1.42 bits per heavy atom. The summed E-state index contributed by atoms with van der Waals surface area (Å²) >= 11 is 0. The van der Waals surface area contributed by atoms with Gasteiger partial charge in [0.1, 0.15) is 5.75 Å². The van der Waals surface area contributed by atoms with Gasteiger partial charge >= 0.3 is 5.97 Å². The van der Waals surface area contributed by atoms with Crippen molar-refractivity contribution in [2.24, 2.45) is 0 Å². The molecule has 0 radical (unpaired) electrons. The van der Waals surface area contributed by atoms with Gasteiger partial charge in [-0.2, -0.15) is 0 Å². The monoisotopic (exact) mass is 336 g/mol. The Morgan fingerprint density at radius 3 is 2.79 bits per heavy atom. The van der Waals surface area contributed by atoms with Gasteiger partial charge in [-0.05, 0) is 19.1 Å². The molecule has 0 fully saturated rings. The van der Waals surface area contributed by atoms with Crippen LogP contribution in [0.1, 0.15) is 13.3 Å². The molecule has 0 bridgehead atoms. The molecule has 0 saturated carbocycles. The van der Waals surface area contributed by atoms with Crippen molar-refractivity contribution in [3.8, 4) is 5.75 Å². The van der Waals surface area contributed by atoms with Gasteiger partial charge in [-0.3, -0.25) is 9.59 Å². The molecular formula is C16H20N2O6. The maximum Gasteiger partial charge on any atom is 0.331 e. The van der Waals surface area contributed by atoms with E-state index in [2.05, 4.69) is 5.32 Å². The minimum Gasteiger partial charge on any atom is -0.482 e. The smallest absolute Gasteiger partial charge is 0.331 e. The molecule has 2 rings (SSSR count). The van der Waals surface area contributed by atoms with Crippen molar-refractivity contribution in [1.82, 2.24) is 5.32 Å². The molecule has 0 aliphatic carbocycles. The van der Waals surface area contributed by atoms with Crippen molar-refractivity contribution < 1.29 is 29.0 Å². The standard InChI is InChI=1S/C16H20N2O6/c1-16(10-23-2,15(21)22)17-13(19)7-8-18-11-5-3-4-6-12(11)24-9-14(18)20/h3-6H,7-10H2,1-2H3,(H,17,19)(H,21,22). The lowest BCUT2D eigenvalue weighted by Crippen LogP contribution is -2.55. The summed E-state index contributed by atoms with van der Waals surface area (Å²) in [5.74, 6) is -1.34. The third-order valence-corrected chi connectivity index (χ3v) is 3.69. The van der Waals surface area contributed by atoms with Crippen LogP contribution in [0.5, 0.6) is 5.75 Å². The highest BCUT2D eigenvalue weighted by Crippen LogP contribution is 2.31. The van der Waals surface area contributed by atoms with Crippen LogP contribution in [0, 0.1) is 0 Å². The van der Waals surface area contributed by atoms with Crippen LogP contribution in [-0.4, -0.2) is 55.3 Å². The van der Waals surface area contributed by atoms with Crippen molar-refractivity contribution in [2.75, 3.05) is 31.8 Å². The highest BCUT2D eigenvalue weighted by atomic mass is 16.5. The molecule has 8 nitrogen and oxygen atoms in total. The molecule has 130 valence electrons. The van der Waals surface area contributed by atoms with Crippen molar-refractivity contribution in [3.63, 3.8) is 0 Å². The third-order valence-electron chi connectivity index (χ3n) is 3.69. The number of aliphatic carboxylic acids is 1. The molecule has 2 N–H and O–H groups in total. The summed E-state index contributed by atoms with van der Waals surface area (Å²) < 4.78 is 10.2. The molecule has 1 unspecified atom stereocenters. The van der Waals surface area contributed by atoms with E-state index in [1.807, 2.05) is 0 Å². The zero-order chi connectivity index (χ0) is 17.7. The third kappa shape index (κ3) is 3.83. The first-order valence-electron chi connectivity index (χ1n) is 7.43. The van der Waals surface area contributed by atoms with Gasteiger partial charge in [0.2, 0.25) is 5.91 Å². The Labute approximate surface area is 139 Å². The summed E-state index contributed by atoms with van der Waals surface area (Å²) in [6.45, 7) is 1.25. The number of benzene rings is 1. The number of hydrogen-bond donors (Lipinski definition) is 2. The van der Waals surface area contributed by atoms with E-state index in [0.717, 1.165) is 0 Å². The molecule has 0 aromatic heterocycles. The van der Waals surface area contributed by atoms with E-state index in [0.29, 0.717) is 11.4 Å².